The van der Waals surface area contributed by atoms with Gasteiger partial charge >= 0.3 is 0 Å². The number of aromatic nitrogens is 1. The van der Waals surface area contributed by atoms with Crippen molar-refractivity contribution in [3.8, 4) is 22.6 Å². The summed E-state index contributed by atoms with van der Waals surface area (Å²) in [7, 11) is 0. The summed E-state index contributed by atoms with van der Waals surface area (Å²) in [6.07, 6.45) is 3.03. The van der Waals surface area contributed by atoms with Crippen LogP contribution in [0.4, 0.5) is 0 Å². The van der Waals surface area contributed by atoms with Gasteiger partial charge in [0.25, 0.3) is 0 Å². The Morgan fingerprint density at radius 3 is 2.45 bits per heavy atom. The molecule has 0 aliphatic heterocycles. The lowest BCUT2D eigenvalue weighted by molar-refractivity contribution is 0.596. The Kier molecular flexibility index (Phi) is 5.96. The highest BCUT2D eigenvalue weighted by atomic mass is 32.1. The summed E-state index contributed by atoms with van der Waals surface area (Å²) in [5, 5.41) is 4.98. The molecule has 3 heterocycles. The van der Waals surface area contributed by atoms with E-state index in [1.807, 2.05) is 17.5 Å². The van der Waals surface area contributed by atoms with E-state index in [4.69, 9.17) is 9.40 Å². The standard InChI is InChI=1S/C35H35NOS/c1-20(2)17-30-22(4)31-27(13-10-14-29(31)38-30)33-21(3)25-15-16-36-32(34(25)37-33)24-18-23-11-8-9-12-26(23)28(19-24)35(5,6)7/h8-16,18-20H,17H2,1-7H3. The molecule has 3 aromatic carbocycles. The molecule has 0 atom stereocenters. The molecule has 0 aliphatic carbocycles. The zero-order valence-corrected chi connectivity index (χ0v) is 24.2. The van der Waals surface area contributed by atoms with Crippen LogP contribution in [0.2, 0.25) is 0 Å². The SMILES string of the molecule is Cc1c(-c2cccc3sc(CC(C)C)c(C)c23)oc2c(-c3cc(C(C)(C)C)c4ccccc4c3)nccc12. The average Bonchev–Trinajstić information content (AvgIpc) is 3.38. The predicted molar refractivity (Wildman–Crippen MR) is 164 cm³/mol. The molecular weight excluding hydrogens is 482 g/mol. The van der Waals surface area contributed by atoms with E-state index in [0.717, 1.165) is 34.4 Å². The normalized spacial score (nSPS) is 12.4. The third-order valence-electron chi connectivity index (χ3n) is 7.69. The molecule has 0 unspecified atom stereocenters. The van der Waals surface area contributed by atoms with Crippen LogP contribution >= 0.6 is 11.3 Å². The van der Waals surface area contributed by atoms with Gasteiger partial charge < -0.3 is 4.42 Å². The van der Waals surface area contributed by atoms with Crippen molar-refractivity contribution in [3.63, 3.8) is 0 Å². The van der Waals surface area contributed by atoms with Crippen molar-refractivity contribution in [1.82, 2.24) is 4.98 Å². The van der Waals surface area contributed by atoms with Crippen LogP contribution < -0.4 is 0 Å². The molecule has 0 spiro atoms. The molecular formula is C35H35NOS. The number of hydrogen-bond acceptors (Lipinski definition) is 3. The van der Waals surface area contributed by atoms with Crippen molar-refractivity contribution in [1.29, 1.82) is 0 Å². The summed E-state index contributed by atoms with van der Waals surface area (Å²) < 4.78 is 8.14. The largest absolute Gasteiger partial charge is 0.453 e. The van der Waals surface area contributed by atoms with Crippen LogP contribution in [0.25, 0.3) is 54.4 Å². The first-order valence-corrected chi connectivity index (χ1v) is 14.4. The molecule has 0 bridgehead atoms. The summed E-state index contributed by atoms with van der Waals surface area (Å²) >= 11 is 1.92. The average molecular weight is 518 g/mol. The lowest BCUT2D eigenvalue weighted by Gasteiger charge is -2.22. The Bertz CT molecular complexity index is 1830. The number of furan rings is 1. The molecule has 0 radical (unpaired) electrons. The first-order valence-electron chi connectivity index (χ1n) is 13.6. The second kappa shape index (κ2) is 9.10. The molecule has 0 aliphatic rings. The third kappa shape index (κ3) is 4.05. The molecule has 6 rings (SSSR count). The maximum Gasteiger partial charge on any atom is 0.161 e. The maximum atomic E-state index is 6.80. The molecule has 2 nitrogen and oxygen atoms in total. The van der Waals surface area contributed by atoms with Crippen LogP contribution in [0, 0.1) is 19.8 Å². The number of hydrogen-bond donors (Lipinski definition) is 0. The number of fused-ring (bicyclic) bond motifs is 3. The highest BCUT2D eigenvalue weighted by molar-refractivity contribution is 7.19. The van der Waals surface area contributed by atoms with Crippen LogP contribution in [-0.2, 0) is 11.8 Å². The molecule has 38 heavy (non-hydrogen) atoms. The molecule has 3 heteroatoms. The van der Waals surface area contributed by atoms with Crippen molar-refractivity contribution in [2.75, 3.05) is 0 Å². The zero-order valence-electron chi connectivity index (χ0n) is 23.4. The van der Waals surface area contributed by atoms with Gasteiger partial charge in [-0.05, 0) is 77.8 Å². The van der Waals surface area contributed by atoms with Crippen LogP contribution in [0.5, 0.6) is 0 Å². The first-order chi connectivity index (χ1) is 18.1. The summed E-state index contributed by atoms with van der Waals surface area (Å²) in [5.74, 6) is 1.58. The van der Waals surface area contributed by atoms with Gasteiger partial charge in [0.1, 0.15) is 11.5 Å². The van der Waals surface area contributed by atoms with Crippen LogP contribution in [0.1, 0.15) is 56.2 Å². The van der Waals surface area contributed by atoms with Gasteiger partial charge in [-0.2, -0.15) is 0 Å². The number of nitrogens with zero attached hydrogens (tertiary/aromatic N) is 1. The van der Waals surface area contributed by atoms with Gasteiger partial charge in [0, 0.05) is 43.2 Å². The van der Waals surface area contributed by atoms with Crippen molar-refractivity contribution in [2.24, 2.45) is 5.92 Å². The predicted octanol–water partition coefficient (Wildman–Crippen LogP) is 10.6. The van der Waals surface area contributed by atoms with Crippen LogP contribution in [-0.4, -0.2) is 4.98 Å². The number of thiophene rings is 1. The fraction of sp³-hybridized carbons (Fsp3) is 0.286. The Labute approximate surface area is 229 Å². The fourth-order valence-electron chi connectivity index (χ4n) is 5.78. The zero-order chi connectivity index (χ0) is 26.8. The third-order valence-corrected chi connectivity index (χ3v) is 8.97. The Hall–Kier alpha value is -3.43. The second-order valence-electron chi connectivity index (χ2n) is 12.0. The van der Waals surface area contributed by atoms with Crippen molar-refractivity contribution in [3.05, 3.63) is 88.4 Å². The molecule has 6 aromatic rings. The van der Waals surface area contributed by atoms with Crippen molar-refractivity contribution < 1.29 is 4.42 Å². The first kappa shape index (κ1) is 24.9. The summed E-state index contributed by atoms with van der Waals surface area (Å²) in [4.78, 5) is 6.36. The molecule has 0 saturated carbocycles. The van der Waals surface area contributed by atoms with Crippen LogP contribution in [0.3, 0.4) is 0 Å². The van der Waals surface area contributed by atoms with Crippen LogP contribution in [0.15, 0.2) is 71.3 Å². The number of aryl methyl sites for hydroxylation is 2. The number of pyridine rings is 1. The van der Waals surface area contributed by atoms with E-state index in [2.05, 4.69) is 109 Å². The Balaban J connectivity index is 1.59. The van der Waals surface area contributed by atoms with Gasteiger partial charge in [-0.15, -0.1) is 11.3 Å². The highest BCUT2D eigenvalue weighted by Gasteiger charge is 2.23. The van der Waals surface area contributed by atoms with Crippen molar-refractivity contribution >= 4 is 43.2 Å². The van der Waals surface area contributed by atoms with Gasteiger partial charge in [-0.1, -0.05) is 71.0 Å². The van der Waals surface area contributed by atoms with Gasteiger partial charge in [0.2, 0.25) is 0 Å². The summed E-state index contributed by atoms with van der Waals surface area (Å²) in [6, 6.07) is 21.9. The minimum atomic E-state index is 0.00751. The molecule has 0 N–H and O–H groups in total. The molecule has 0 fully saturated rings. The molecule has 3 aromatic heterocycles. The highest BCUT2D eigenvalue weighted by Crippen LogP contribution is 2.44. The van der Waals surface area contributed by atoms with E-state index < -0.39 is 0 Å². The summed E-state index contributed by atoms with van der Waals surface area (Å²) in [6.45, 7) is 15.9. The topological polar surface area (TPSA) is 26.0 Å². The van der Waals surface area contributed by atoms with E-state index in [9.17, 15) is 0 Å². The lowest BCUT2D eigenvalue weighted by atomic mass is 9.82. The quantitative estimate of drug-likeness (QED) is 0.232. The minimum Gasteiger partial charge on any atom is -0.453 e. The van der Waals surface area contributed by atoms with E-state index in [-0.39, 0.29) is 5.41 Å². The van der Waals surface area contributed by atoms with E-state index in [1.165, 1.54) is 48.0 Å². The van der Waals surface area contributed by atoms with Gasteiger partial charge in [0.05, 0.1) is 0 Å². The minimum absolute atomic E-state index is 0.00751. The number of rotatable bonds is 4. The monoisotopic (exact) mass is 517 g/mol. The second-order valence-corrected chi connectivity index (χ2v) is 13.2. The fourth-order valence-corrected chi connectivity index (χ4v) is 7.23. The summed E-state index contributed by atoms with van der Waals surface area (Å²) in [5.41, 5.74) is 7.94. The number of benzene rings is 3. The van der Waals surface area contributed by atoms with Crippen molar-refractivity contribution in [2.45, 2.75) is 60.3 Å². The van der Waals surface area contributed by atoms with E-state index in [1.54, 1.807) is 0 Å². The Morgan fingerprint density at radius 2 is 1.68 bits per heavy atom. The van der Waals surface area contributed by atoms with E-state index >= 15 is 0 Å². The van der Waals surface area contributed by atoms with Gasteiger partial charge in [-0.3, -0.25) is 4.98 Å². The smallest absolute Gasteiger partial charge is 0.161 e. The van der Waals surface area contributed by atoms with Gasteiger partial charge in [0.15, 0.2) is 5.58 Å². The molecule has 0 amide bonds. The Morgan fingerprint density at radius 1 is 0.895 bits per heavy atom. The van der Waals surface area contributed by atoms with Gasteiger partial charge in [-0.25, -0.2) is 0 Å². The van der Waals surface area contributed by atoms with E-state index in [0.29, 0.717) is 5.92 Å². The molecule has 192 valence electrons. The lowest BCUT2D eigenvalue weighted by Crippen LogP contribution is -2.12. The maximum absolute atomic E-state index is 6.80. The molecule has 0 saturated heterocycles.